The van der Waals surface area contributed by atoms with Gasteiger partial charge in [0.05, 0.1) is 25.7 Å². The number of hydrogen-bond acceptors (Lipinski definition) is 8. The van der Waals surface area contributed by atoms with Gasteiger partial charge in [-0.15, -0.1) is 10.2 Å². The Balaban J connectivity index is 1.59. The Morgan fingerprint density at radius 2 is 1.92 bits per heavy atom. The first-order valence-corrected chi connectivity index (χ1v) is 11.8. The highest BCUT2D eigenvalue weighted by molar-refractivity contribution is 5.81. The van der Waals surface area contributed by atoms with E-state index >= 15 is 0 Å². The first kappa shape index (κ1) is 25.2. The molecule has 38 heavy (non-hydrogen) atoms. The molecule has 3 aromatic heterocycles. The number of fused-ring (bicyclic) bond motifs is 1. The molecule has 0 radical (unpaired) electrons. The maximum Gasteiger partial charge on any atom is 0.358 e. The number of pyridine rings is 1. The van der Waals surface area contributed by atoms with Crippen molar-refractivity contribution in [1.29, 1.82) is 0 Å². The number of ether oxygens (including phenoxy) is 3. The van der Waals surface area contributed by atoms with E-state index in [9.17, 15) is 18.0 Å². The second kappa shape index (κ2) is 9.80. The summed E-state index contributed by atoms with van der Waals surface area (Å²) in [6.45, 7) is 3.90. The monoisotopic (exact) mass is 528 g/mol. The van der Waals surface area contributed by atoms with E-state index in [1.54, 1.807) is 34.5 Å². The summed E-state index contributed by atoms with van der Waals surface area (Å²) in [4.78, 5) is 22.0. The number of imidazole rings is 1. The van der Waals surface area contributed by atoms with E-state index < -0.39 is 34.8 Å². The van der Waals surface area contributed by atoms with Crippen LogP contribution in [0.25, 0.3) is 17.2 Å². The lowest BCUT2D eigenvalue weighted by Gasteiger charge is -2.34. The Bertz CT molecular complexity index is 1500. The van der Waals surface area contributed by atoms with Gasteiger partial charge in [0, 0.05) is 31.3 Å². The van der Waals surface area contributed by atoms with Crippen molar-refractivity contribution in [1.82, 2.24) is 29.3 Å². The van der Waals surface area contributed by atoms with E-state index in [0.29, 0.717) is 48.2 Å². The van der Waals surface area contributed by atoms with Crippen LogP contribution in [0.15, 0.2) is 36.8 Å². The molecular formula is C25H23F3N6O4. The number of benzene rings is 1. The molecule has 0 N–H and O–H groups in total. The lowest BCUT2D eigenvalue weighted by atomic mass is 9.92. The third kappa shape index (κ3) is 4.23. The fourth-order valence-electron chi connectivity index (χ4n) is 4.43. The summed E-state index contributed by atoms with van der Waals surface area (Å²) in [6, 6.07) is 4.83. The number of carbonyl (C=O) groups excluding carboxylic acids is 1. The molecule has 0 saturated carbocycles. The van der Waals surface area contributed by atoms with Gasteiger partial charge in [-0.1, -0.05) is 0 Å². The van der Waals surface area contributed by atoms with Crippen molar-refractivity contribution in [3.8, 4) is 28.8 Å². The molecule has 1 aliphatic heterocycles. The fourth-order valence-corrected chi connectivity index (χ4v) is 4.43. The SMILES string of the molecule is CCOC(=O)[C@@]1(Oc2cc(F)c(F)c(F)c2)CCCn2c(-c3ccc(-n4cnc(C)c4)c(OC)n3)nnc21. The molecule has 1 atom stereocenters. The van der Waals surface area contributed by atoms with E-state index in [1.165, 1.54) is 7.11 Å². The number of aryl methyl sites for hydroxylation is 1. The molecule has 0 unspecified atom stereocenters. The third-order valence-electron chi connectivity index (χ3n) is 6.13. The zero-order valence-electron chi connectivity index (χ0n) is 20.7. The van der Waals surface area contributed by atoms with Crippen LogP contribution >= 0.6 is 0 Å². The van der Waals surface area contributed by atoms with Crippen LogP contribution in [0, 0.1) is 24.4 Å². The van der Waals surface area contributed by atoms with Gasteiger partial charge in [-0.3, -0.25) is 0 Å². The normalized spacial score (nSPS) is 16.7. The number of methoxy groups -OCH3 is 1. The number of rotatable bonds is 7. The van der Waals surface area contributed by atoms with Crippen LogP contribution < -0.4 is 9.47 Å². The Morgan fingerprint density at radius 1 is 1.16 bits per heavy atom. The highest BCUT2D eigenvalue weighted by Gasteiger charge is 2.51. The number of nitrogens with zero attached hydrogens (tertiary/aromatic N) is 6. The van der Waals surface area contributed by atoms with Crippen LogP contribution in [0.1, 0.15) is 31.3 Å². The van der Waals surface area contributed by atoms with Crippen molar-refractivity contribution >= 4 is 5.97 Å². The van der Waals surface area contributed by atoms with Crippen molar-refractivity contribution in [3.05, 3.63) is 65.8 Å². The first-order chi connectivity index (χ1) is 18.3. The second-order valence-electron chi connectivity index (χ2n) is 8.60. The van der Waals surface area contributed by atoms with Crippen molar-refractivity contribution in [2.24, 2.45) is 0 Å². The van der Waals surface area contributed by atoms with E-state index in [2.05, 4.69) is 20.2 Å². The predicted octanol–water partition coefficient (Wildman–Crippen LogP) is 3.89. The molecule has 1 aliphatic rings. The van der Waals surface area contributed by atoms with Crippen molar-refractivity contribution in [2.75, 3.05) is 13.7 Å². The van der Waals surface area contributed by atoms with Crippen LogP contribution in [0.5, 0.6) is 11.6 Å². The summed E-state index contributed by atoms with van der Waals surface area (Å²) >= 11 is 0. The van der Waals surface area contributed by atoms with Gasteiger partial charge in [-0.25, -0.2) is 27.9 Å². The number of halogens is 3. The third-order valence-corrected chi connectivity index (χ3v) is 6.13. The predicted molar refractivity (Wildman–Crippen MR) is 126 cm³/mol. The van der Waals surface area contributed by atoms with Gasteiger partial charge in [-0.2, -0.15) is 0 Å². The molecule has 0 aliphatic carbocycles. The smallest absolute Gasteiger partial charge is 0.358 e. The average Bonchev–Trinajstić information content (AvgIpc) is 3.54. The largest absolute Gasteiger partial charge is 0.479 e. The maximum absolute atomic E-state index is 13.9. The first-order valence-electron chi connectivity index (χ1n) is 11.8. The Hall–Kier alpha value is -4.42. The lowest BCUT2D eigenvalue weighted by Crippen LogP contribution is -2.47. The molecule has 0 amide bonds. The van der Waals surface area contributed by atoms with E-state index in [-0.39, 0.29) is 18.9 Å². The summed E-state index contributed by atoms with van der Waals surface area (Å²) in [7, 11) is 1.49. The summed E-state index contributed by atoms with van der Waals surface area (Å²) in [5.41, 5.74) is -0.00686. The van der Waals surface area contributed by atoms with E-state index in [4.69, 9.17) is 14.2 Å². The minimum Gasteiger partial charge on any atom is -0.479 e. The topological polar surface area (TPSA) is 106 Å². The molecule has 0 fully saturated rings. The number of carbonyl (C=O) groups is 1. The van der Waals surface area contributed by atoms with Crippen molar-refractivity contribution in [3.63, 3.8) is 0 Å². The van der Waals surface area contributed by atoms with Crippen LogP contribution in [0.4, 0.5) is 13.2 Å². The number of aromatic nitrogens is 6. The van der Waals surface area contributed by atoms with Gasteiger partial charge in [-0.05, 0) is 32.4 Å². The van der Waals surface area contributed by atoms with Gasteiger partial charge >= 0.3 is 5.97 Å². The maximum atomic E-state index is 13.9. The molecule has 10 nitrogen and oxygen atoms in total. The summed E-state index contributed by atoms with van der Waals surface area (Å²) in [5, 5.41) is 8.48. The van der Waals surface area contributed by atoms with Gasteiger partial charge in [0.1, 0.15) is 17.1 Å². The molecule has 5 rings (SSSR count). The zero-order chi connectivity index (χ0) is 27.0. The van der Waals surface area contributed by atoms with Crippen molar-refractivity contribution < 1.29 is 32.2 Å². The second-order valence-corrected chi connectivity index (χ2v) is 8.60. The number of hydrogen-bond donors (Lipinski definition) is 0. The molecule has 13 heteroatoms. The molecule has 4 aromatic rings. The van der Waals surface area contributed by atoms with Gasteiger partial charge in [0.15, 0.2) is 29.1 Å². The Labute approximate surface area is 215 Å². The average molecular weight is 528 g/mol. The fraction of sp³-hybridized carbons (Fsp3) is 0.320. The van der Waals surface area contributed by atoms with Gasteiger partial charge in [0.2, 0.25) is 5.88 Å². The van der Waals surface area contributed by atoms with Crippen molar-refractivity contribution in [2.45, 2.75) is 38.8 Å². The Kier molecular flexibility index (Phi) is 6.51. The summed E-state index contributed by atoms with van der Waals surface area (Å²) < 4.78 is 61.5. The molecular weight excluding hydrogens is 505 g/mol. The molecule has 4 heterocycles. The van der Waals surface area contributed by atoms with E-state index in [0.717, 1.165) is 5.69 Å². The summed E-state index contributed by atoms with van der Waals surface area (Å²) in [5.74, 6) is -5.08. The molecule has 0 spiro atoms. The lowest BCUT2D eigenvalue weighted by molar-refractivity contribution is -0.166. The molecule has 198 valence electrons. The standard InChI is InChI=1S/C25H23F3N6O4/c1-4-37-24(35)25(38-15-10-16(26)20(28)17(27)11-15)8-5-9-34-21(31-32-23(25)34)18-6-7-19(22(30-18)36-3)33-12-14(2)29-13-33/h6-7,10-13H,4-5,8-9H2,1-3H3/t25-/m1/s1. The van der Waals surface area contributed by atoms with Crippen LogP contribution in [-0.4, -0.2) is 49.0 Å². The minimum atomic E-state index is -1.88. The highest BCUT2D eigenvalue weighted by atomic mass is 19.2. The summed E-state index contributed by atoms with van der Waals surface area (Å²) in [6.07, 6.45) is 3.96. The van der Waals surface area contributed by atoms with Crippen LogP contribution in [0.2, 0.25) is 0 Å². The Morgan fingerprint density at radius 3 is 2.58 bits per heavy atom. The highest BCUT2D eigenvalue weighted by Crippen LogP contribution is 2.39. The molecule has 1 aromatic carbocycles. The molecule has 0 saturated heterocycles. The van der Waals surface area contributed by atoms with Crippen LogP contribution in [-0.2, 0) is 21.7 Å². The van der Waals surface area contributed by atoms with Gasteiger partial charge < -0.3 is 23.3 Å². The quantitative estimate of drug-likeness (QED) is 0.263. The zero-order valence-corrected chi connectivity index (χ0v) is 20.7. The van der Waals surface area contributed by atoms with Gasteiger partial charge in [0.25, 0.3) is 5.60 Å². The molecule has 0 bridgehead atoms. The van der Waals surface area contributed by atoms with Crippen LogP contribution in [0.3, 0.4) is 0 Å². The number of esters is 1. The van der Waals surface area contributed by atoms with E-state index in [1.807, 2.05) is 13.1 Å². The minimum absolute atomic E-state index is 0.0189.